The summed E-state index contributed by atoms with van der Waals surface area (Å²) in [6, 6.07) is 14.2. The quantitative estimate of drug-likeness (QED) is 0.319. The molecular weight excluding hydrogens is 426 g/mol. The minimum atomic E-state index is -0.863. The SMILES string of the molecule is Cc1ccsc1C1/C(=C(/O)c2cccc(OC(C)C)c2)C(=O)C(=O)N1c1ccccc1O. The van der Waals surface area contributed by atoms with E-state index in [9.17, 15) is 19.8 Å². The predicted molar refractivity (Wildman–Crippen MR) is 124 cm³/mol. The Balaban J connectivity index is 1.92. The second-order valence-corrected chi connectivity index (χ2v) is 8.77. The molecular formula is C25H23NO5S. The summed E-state index contributed by atoms with van der Waals surface area (Å²) >= 11 is 1.39. The number of Topliss-reactive ketones (excluding diaryl/α,β-unsaturated/α-hetero) is 1. The average molecular weight is 450 g/mol. The number of aryl methyl sites for hydroxylation is 1. The molecule has 1 aromatic heterocycles. The summed E-state index contributed by atoms with van der Waals surface area (Å²) < 4.78 is 5.71. The van der Waals surface area contributed by atoms with E-state index in [1.165, 1.54) is 22.3 Å². The molecule has 2 aromatic carbocycles. The Hall–Kier alpha value is -3.58. The maximum Gasteiger partial charge on any atom is 0.300 e. The minimum Gasteiger partial charge on any atom is -0.507 e. The highest BCUT2D eigenvalue weighted by atomic mass is 32.1. The Kier molecular flexibility index (Phi) is 5.76. The largest absolute Gasteiger partial charge is 0.507 e. The zero-order chi connectivity index (χ0) is 23.0. The van der Waals surface area contributed by atoms with E-state index in [0.717, 1.165) is 10.4 Å². The second-order valence-electron chi connectivity index (χ2n) is 7.82. The fourth-order valence-corrected chi connectivity index (χ4v) is 4.83. The lowest BCUT2D eigenvalue weighted by Gasteiger charge is -2.25. The number of benzene rings is 2. The van der Waals surface area contributed by atoms with Gasteiger partial charge in [0.15, 0.2) is 0 Å². The van der Waals surface area contributed by atoms with E-state index in [4.69, 9.17) is 4.74 Å². The van der Waals surface area contributed by atoms with Gasteiger partial charge in [0.2, 0.25) is 0 Å². The molecule has 6 nitrogen and oxygen atoms in total. The Bertz CT molecular complexity index is 1230. The molecule has 7 heteroatoms. The summed E-state index contributed by atoms with van der Waals surface area (Å²) in [4.78, 5) is 28.3. The third-order valence-corrected chi connectivity index (χ3v) is 6.29. The summed E-state index contributed by atoms with van der Waals surface area (Å²) in [5, 5.41) is 23.5. The standard InChI is InChI=1S/C25H23NO5S/c1-14(2)31-17-8-6-7-16(13-17)22(28)20-21(24-15(3)11-12-32-24)26(25(30)23(20)29)18-9-4-5-10-19(18)27/h4-14,21,27-28H,1-3H3/b22-20-. The highest BCUT2D eigenvalue weighted by molar-refractivity contribution is 7.10. The van der Waals surface area contributed by atoms with Gasteiger partial charge in [-0.25, -0.2) is 0 Å². The first-order chi connectivity index (χ1) is 15.3. The second kappa shape index (κ2) is 8.51. The summed E-state index contributed by atoms with van der Waals surface area (Å²) in [5.41, 5.74) is 1.44. The van der Waals surface area contributed by atoms with Crippen molar-refractivity contribution in [2.24, 2.45) is 0 Å². The Morgan fingerprint density at radius 3 is 2.50 bits per heavy atom. The average Bonchev–Trinajstić information content (AvgIpc) is 3.28. The molecule has 2 N–H and O–H groups in total. The van der Waals surface area contributed by atoms with Crippen molar-refractivity contribution < 1.29 is 24.5 Å². The molecule has 164 valence electrons. The monoisotopic (exact) mass is 449 g/mol. The minimum absolute atomic E-state index is 0.0227. The van der Waals surface area contributed by atoms with Gasteiger partial charge in [0, 0.05) is 10.4 Å². The van der Waals surface area contributed by atoms with Crippen molar-refractivity contribution >= 4 is 34.5 Å². The molecule has 1 unspecified atom stereocenters. The van der Waals surface area contributed by atoms with Crippen molar-refractivity contribution in [2.75, 3.05) is 4.90 Å². The molecule has 4 rings (SSSR count). The van der Waals surface area contributed by atoms with Crippen molar-refractivity contribution in [3.05, 3.63) is 81.6 Å². The van der Waals surface area contributed by atoms with Crippen LogP contribution in [0.4, 0.5) is 5.69 Å². The van der Waals surface area contributed by atoms with E-state index in [1.807, 2.05) is 32.2 Å². The number of phenolic OH excluding ortho intramolecular Hbond substituents is 1. The molecule has 2 heterocycles. The number of hydrogen-bond acceptors (Lipinski definition) is 6. The summed E-state index contributed by atoms with van der Waals surface area (Å²) in [7, 11) is 0. The lowest BCUT2D eigenvalue weighted by molar-refractivity contribution is -0.132. The molecule has 0 saturated carbocycles. The van der Waals surface area contributed by atoms with Crippen LogP contribution in [0.2, 0.25) is 0 Å². The molecule has 1 saturated heterocycles. The maximum atomic E-state index is 13.2. The highest BCUT2D eigenvalue weighted by Crippen LogP contribution is 2.46. The van der Waals surface area contributed by atoms with Crippen LogP contribution in [0.1, 0.15) is 35.9 Å². The van der Waals surface area contributed by atoms with E-state index in [1.54, 1.807) is 42.5 Å². The molecule has 1 aliphatic rings. The van der Waals surface area contributed by atoms with Gasteiger partial charge < -0.3 is 14.9 Å². The van der Waals surface area contributed by atoms with Crippen LogP contribution in [-0.2, 0) is 9.59 Å². The number of aliphatic hydroxyl groups excluding tert-OH is 1. The number of rotatable bonds is 5. The van der Waals surface area contributed by atoms with E-state index in [-0.39, 0.29) is 28.9 Å². The van der Waals surface area contributed by atoms with Crippen LogP contribution < -0.4 is 9.64 Å². The number of para-hydroxylation sites is 2. The molecule has 1 fully saturated rings. The van der Waals surface area contributed by atoms with E-state index in [2.05, 4.69) is 0 Å². The van der Waals surface area contributed by atoms with Crippen molar-refractivity contribution in [2.45, 2.75) is 32.9 Å². The number of aliphatic hydroxyl groups is 1. The number of ketones is 1. The lowest BCUT2D eigenvalue weighted by atomic mass is 9.98. The summed E-state index contributed by atoms with van der Waals surface area (Å²) in [6.07, 6.45) is -0.0622. The van der Waals surface area contributed by atoms with E-state index in [0.29, 0.717) is 11.3 Å². The predicted octanol–water partition coefficient (Wildman–Crippen LogP) is 5.18. The number of carbonyl (C=O) groups excluding carboxylic acids is 2. The van der Waals surface area contributed by atoms with Gasteiger partial charge in [-0.05, 0) is 62.0 Å². The molecule has 32 heavy (non-hydrogen) atoms. The lowest BCUT2D eigenvalue weighted by Crippen LogP contribution is -2.29. The van der Waals surface area contributed by atoms with Gasteiger partial charge in [-0.1, -0.05) is 24.3 Å². The number of amides is 1. The number of aromatic hydroxyl groups is 1. The van der Waals surface area contributed by atoms with Crippen LogP contribution in [0.3, 0.4) is 0 Å². The molecule has 0 aliphatic carbocycles. The molecule has 1 atom stereocenters. The van der Waals surface area contributed by atoms with Gasteiger partial charge in [0.1, 0.15) is 23.3 Å². The normalized spacial score (nSPS) is 17.9. The topological polar surface area (TPSA) is 87.1 Å². The Morgan fingerprint density at radius 2 is 1.84 bits per heavy atom. The van der Waals surface area contributed by atoms with Crippen molar-refractivity contribution in [1.29, 1.82) is 0 Å². The van der Waals surface area contributed by atoms with Gasteiger partial charge in [0.25, 0.3) is 11.7 Å². The first-order valence-corrected chi connectivity index (χ1v) is 11.1. The number of hydrogen-bond donors (Lipinski definition) is 2. The van der Waals surface area contributed by atoms with Gasteiger partial charge in [0.05, 0.1) is 17.4 Å². The molecule has 0 radical (unpaired) electrons. The Morgan fingerprint density at radius 1 is 1.09 bits per heavy atom. The third kappa shape index (κ3) is 3.76. The molecule has 0 bridgehead atoms. The highest BCUT2D eigenvalue weighted by Gasteiger charge is 2.48. The van der Waals surface area contributed by atoms with Gasteiger partial charge >= 0.3 is 0 Å². The van der Waals surface area contributed by atoms with Crippen molar-refractivity contribution in [3.8, 4) is 11.5 Å². The number of anilines is 1. The van der Waals surface area contributed by atoms with Crippen LogP contribution in [0.15, 0.2) is 65.6 Å². The van der Waals surface area contributed by atoms with Crippen LogP contribution >= 0.6 is 11.3 Å². The third-order valence-electron chi connectivity index (χ3n) is 5.22. The first-order valence-electron chi connectivity index (χ1n) is 10.2. The smallest absolute Gasteiger partial charge is 0.300 e. The molecule has 1 amide bonds. The molecule has 1 aliphatic heterocycles. The van der Waals surface area contributed by atoms with E-state index >= 15 is 0 Å². The van der Waals surface area contributed by atoms with Crippen LogP contribution in [0, 0.1) is 6.92 Å². The number of phenols is 1. The maximum absolute atomic E-state index is 13.2. The first kappa shape index (κ1) is 21.6. The number of thiophene rings is 1. The fraction of sp³-hybridized carbons (Fsp3) is 0.200. The number of nitrogens with zero attached hydrogens (tertiary/aromatic N) is 1. The van der Waals surface area contributed by atoms with Crippen LogP contribution in [0.5, 0.6) is 11.5 Å². The zero-order valence-electron chi connectivity index (χ0n) is 17.9. The van der Waals surface area contributed by atoms with Gasteiger partial charge in [-0.2, -0.15) is 0 Å². The van der Waals surface area contributed by atoms with Crippen LogP contribution in [-0.4, -0.2) is 28.0 Å². The van der Waals surface area contributed by atoms with Crippen molar-refractivity contribution in [3.63, 3.8) is 0 Å². The Labute approximate surface area is 190 Å². The zero-order valence-corrected chi connectivity index (χ0v) is 18.7. The molecule has 3 aromatic rings. The number of ether oxygens (including phenoxy) is 1. The van der Waals surface area contributed by atoms with Crippen molar-refractivity contribution in [1.82, 2.24) is 0 Å². The van der Waals surface area contributed by atoms with Gasteiger partial charge in [-0.15, -0.1) is 11.3 Å². The molecule has 0 spiro atoms. The fourth-order valence-electron chi connectivity index (χ4n) is 3.81. The summed E-state index contributed by atoms with van der Waals surface area (Å²) in [6.45, 7) is 5.67. The van der Waals surface area contributed by atoms with E-state index < -0.39 is 17.7 Å². The number of carbonyl (C=O) groups is 2. The van der Waals surface area contributed by atoms with Gasteiger partial charge in [-0.3, -0.25) is 14.5 Å². The van der Waals surface area contributed by atoms with Crippen LogP contribution in [0.25, 0.3) is 5.76 Å². The summed E-state index contributed by atoms with van der Waals surface area (Å²) in [5.74, 6) is -1.48.